The van der Waals surface area contributed by atoms with Gasteiger partial charge in [-0.2, -0.15) is 0 Å². The zero-order valence-electron chi connectivity index (χ0n) is 8.85. The van der Waals surface area contributed by atoms with Gasteiger partial charge in [0.25, 0.3) is 0 Å². The minimum absolute atomic E-state index is 0.199. The van der Waals surface area contributed by atoms with E-state index in [2.05, 4.69) is 5.32 Å². The Morgan fingerprint density at radius 2 is 2.07 bits per heavy atom. The Labute approximate surface area is 87.9 Å². The van der Waals surface area contributed by atoms with E-state index in [1.54, 1.807) is 6.92 Å². The van der Waals surface area contributed by atoms with E-state index in [0.29, 0.717) is 6.42 Å². The number of hydrogen-bond acceptors (Lipinski definition) is 2. The average molecular weight is 215 g/mol. The van der Waals surface area contributed by atoms with Gasteiger partial charge in [-0.3, -0.25) is 0 Å². The molecule has 0 saturated heterocycles. The predicted molar refractivity (Wildman–Crippen MR) is 55.8 cm³/mol. The maximum Gasteiger partial charge on any atom is 0.149 e. The first-order valence-electron chi connectivity index (χ1n) is 4.86. The fourth-order valence-corrected chi connectivity index (χ4v) is 1.04. The van der Waals surface area contributed by atoms with Gasteiger partial charge in [-0.1, -0.05) is 6.92 Å². The van der Waals surface area contributed by atoms with Gasteiger partial charge >= 0.3 is 0 Å². The molecule has 2 nitrogen and oxygen atoms in total. The van der Waals surface area contributed by atoms with E-state index in [9.17, 15) is 13.9 Å². The van der Waals surface area contributed by atoms with Gasteiger partial charge in [-0.05, 0) is 25.5 Å². The number of benzene rings is 1. The molecule has 0 saturated carbocycles. The maximum atomic E-state index is 13.1. The summed E-state index contributed by atoms with van der Waals surface area (Å²) in [5.74, 6) is -1.26. The van der Waals surface area contributed by atoms with Crippen LogP contribution in [0.4, 0.5) is 14.5 Å². The highest BCUT2D eigenvalue weighted by Gasteiger charge is 2.17. The van der Waals surface area contributed by atoms with Crippen LogP contribution in [0.2, 0.25) is 0 Å². The van der Waals surface area contributed by atoms with Crippen LogP contribution in [0, 0.1) is 11.6 Å². The Hall–Kier alpha value is -1.16. The van der Waals surface area contributed by atoms with Gasteiger partial charge in [0, 0.05) is 12.6 Å². The van der Waals surface area contributed by atoms with Crippen molar-refractivity contribution in [2.24, 2.45) is 0 Å². The number of aliphatic hydroxyl groups is 1. The van der Waals surface area contributed by atoms with Crippen molar-refractivity contribution in [3.63, 3.8) is 0 Å². The van der Waals surface area contributed by atoms with Crippen molar-refractivity contribution in [3.8, 4) is 0 Å². The maximum absolute atomic E-state index is 13.1. The number of rotatable bonds is 4. The van der Waals surface area contributed by atoms with Gasteiger partial charge in [0.05, 0.1) is 11.3 Å². The lowest BCUT2D eigenvalue weighted by Crippen LogP contribution is -2.32. The molecule has 15 heavy (non-hydrogen) atoms. The highest BCUT2D eigenvalue weighted by atomic mass is 19.1. The van der Waals surface area contributed by atoms with Crippen molar-refractivity contribution in [2.75, 3.05) is 11.9 Å². The standard InChI is InChI=1S/C11H15F2NO/c1-3-11(2,15)7-14-10-5-4-8(12)6-9(10)13/h4-6,14-15H,3,7H2,1-2H3. The summed E-state index contributed by atoms with van der Waals surface area (Å²) in [6.07, 6.45) is 0.558. The molecule has 1 rings (SSSR count). The minimum atomic E-state index is -0.888. The third-order valence-electron chi connectivity index (χ3n) is 2.35. The van der Waals surface area contributed by atoms with Gasteiger partial charge in [0.1, 0.15) is 11.6 Å². The molecule has 0 radical (unpaired) electrons. The quantitative estimate of drug-likeness (QED) is 0.809. The minimum Gasteiger partial charge on any atom is -0.388 e. The average Bonchev–Trinajstić information content (AvgIpc) is 2.16. The van der Waals surface area contributed by atoms with Gasteiger partial charge < -0.3 is 10.4 Å². The van der Waals surface area contributed by atoms with E-state index in [1.165, 1.54) is 12.1 Å². The lowest BCUT2D eigenvalue weighted by atomic mass is 10.0. The van der Waals surface area contributed by atoms with Crippen molar-refractivity contribution in [3.05, 3.63) is 29.8 Å². The molecule has 2 N–H and O–H groups in total. The zero-order chi connectivity index (χ0) is 11.5. The molecule has 1 atom stereocenters. The summed E-state index contributed by atoms with van der Waals surface area (Å²) >= 11 is 0. The van der Waals surface area contributed by atoms with Gasteiger partial charge in [-0.15, -0.1) is 0 Å². The normalized spacial score (nSPS) is 14.7. The predicted octanol–water partition coefficient (Wildman–Crippen LogP) is 2.54. The second kappa shape index (κ2) is 4.57. The second-order valence-electron chi connectivity index (χ2n) is 3.83. The van der Waals surface area contributed by atoms with Crippen LogP contribution in [0.15, 0.2) is 18.2 Å². The van der Waals surface area contributed by atoms with Crippen LogP contribution in [-0.4, -0.2) is 17.3 Å². The molecule has 1 aromatic rings. The molecule has 84 valence electrons. The monoisotopic (exact) mass is 215 g/mol. The van der Waals surface area contributed by atoms with E-state index in [4.69, 9.17) is 0 Å². The summed E-state index contributed by atoms with van der Waals surface area (Å²) in [5, 5.41) is 12.4. The molecule has 0 aliphatic rings. The summed E-state index contributed by atoms with van der Waals surface area (Å²) in [6, 6.07) is 3.30. The fourth-order valence-electron chi connectivity index (χ4n) is 1.04. The Morgan fingerprint density at radius 1 is 1.40 bits per heavy atom. The number of halogens is 2. The first-order valence-corrected chi connectivity index (χ1v) is 4.86. The summed E-state index contributed by atoms with van der Waals surface area (Å²) in [5.41, 5.74) is -0.689. The van der Waals surface area contributed by atoms with Crippen LogP contribution >= 0.6 is 0 Å². The lowest BCUT2D eigenvalue weighted by Gasteiger charge is -2.22. The molecule has 0 amide bonds. The number of anilines is 1. The van der Waals surface area contributed by atoms with E-state index in [-0.39, 0.29) is 12.2 Å². The van der Waals surface area contributed by atoms with Crippen LogP contribution in [0.25, 0.3) is 0 Å². The molecule has 0 spiro atoms. The largest absolute Gasteiger partial charge is 0.388 e. The molecule has 0 aromatic heterocycles. The fraction of sp³-hybridized carbons (Fsp3) is 0.455. The summed E-state index contributed by atoms with van der Waals surface area (Å²) in [4.78, 5) is 0. The third kappa shape index (κ3) is 3.47. The van der Waals surface area contributed by atoms with E-state index < -0.39 is 17.2 Å². The Balaban J connectivity index is 2.66. The topological polar surface area (TPSA) is 32.3 Å². The number of hydrogen-bond donors (Lipinski definition) is 2. The Bertz CT molecular complexity index is 339. The molecule has 4 heteroatoms. The van der Waals surface area contributed by atoms with E-state index >= 15 is 0 Å². The van der Waals surface area contributed by atoms with Crippen LogP contribution in [0.3, 0.4) is 0 Å². The summed E-state index contributed by atoms with van der Waals surface area (Å²) in [7, 11) is 0. The zero-order valence-corrected chi connectivity index (χ0v) is 8.85. The van der Waals surface area contributed by atoms with Crippen molar-refractivity contribution in [2.45, 2.75) is 25.9 Å². The van der Waals surface area contributed by atoms with Crippen LogP contribution < -0.4 is 5.32 Å². The van der Waals surface area contributed by atoms with Crippen molar-refractivity contribution >= 4 is 5.69 Å². The first kappa shape index (κ1) is 11.9. The Morgan fingerprint density at radius 3 is 2.60 bits per heavy atom. The van der Waals surface area contributed by atoms with Crippen molar-refractivity contribution < 1.29 is 13.9 Å². The molecule has 0 bridgehead atoms. The molecule has 0 aliphatic carbocycles. The summed E-state index contributed by atoms with van der Waals surface area (Å²) in [6.45, 7) is 3.72. The van der Waals surface area contributed by atoms with E-state index in [0.717, 1.165) is 6.07 Å². The number of nitrogens with one attached hydrogen (secondary N) is 1. The van der Waals surface area contributed by atoms with Crippen molar-refractivity contribution in [1.82, 2.24) is 0 Å². The molecule has 1 aromatic carbocycles. The molecule has 0 fully saturated rings. The van der Waals surface area contributed by atoms with E-state index in [1.807, 2.05) is 6.92 Å². The SMILES string of the molecule is CCC(C)(O)CNc1ccc(F)cc1F. The van der Waals surface area contributed by atoms with Crippen LogP contribution in [0.5, 0.6) is 0 Å². The highest BCUT2D eigenvalue weighted by Crippen LogP contribution is 2.17. The summed E-state index contributed by atoms with van der Waals surface area (Å²) < 4.78 is 25.7. The van der Waals surface area contributed by atoms with Crippen LogP contribution in [-0.2, 0) is 0 Å². The van der Waals surface area contributed by atoms with Gasteiger partial charge in [-0.25, -0.2) is 8.78 Å². The Kier molecular flexibility index (Phi) is 3.63. The van der Waals surface area contributed by atoms with Crippen molar-refractivity contribution in [1.29, 1.82) is 0 Å². The second-order valence-corrected chi connectivity index (χ2v) is 3.83. The molecule has 1 unspecified atom stereocenters. The van der Waals surface area contributed by atoms with Gasteiger partial charge in [0.15, 0.2) is 0 Å². The third-order valence-corrected chi connectivity index (χ3v) is 2.35. The highest BCUT2D eigenvalue weighted by molar-refractivity contribution is 5.44. The first-order chi connectivity index (χ1) is 6.94. The molecule has 0 heterocycles. The smallest absolute Gasteiger partial charge is 0.149 e. The lowest BCUT2D eigenvalue weighted by molar-refractivity contribution is 0.0697. The molecular weight excluding hydrogens is 200 g/mol. The van der Waals surface area contributed by atoms with Crippen LogP contribution in [0.1, 0.15) is 20.3 Å². The van der Waals surface area contributed by atoms with Gasteiger partial charge in [0.2, 0.25) is 0 Å². The molecular formula is C11H15F2NO. The molecule has 0 aliphatic heterocycles.